The zero-order chi connectivity index (χ0) is 9.97. The number of rotatable bonds is 3. The van der Waals surface area contributed by atoms with Crippen molar-refractivity contribution in [2.75, 3.05) is 6.54 Å². The Bertz CT molecular complexity index is 403. The Morgan fingerprint density at radius 3 is 3.07 bits per heavy atom. The molecule has 0 aromatic carbocycles. The molecule has 0 atom stereocenters. The van der Waals surface area contributed by atoms with Gasteiger partial charge in [0.25, 0.3) is 0 Å². The third kappa shape index (κ3) is 1.71. The lowest BCUT2D eigenvalue weighted by Gasteiger charge is -1.96. The van der Waals surface area contributed by atoms with Gasteiger partial charge in [-0.3, -0.25) is 4.68 Å². The van der Waals surface area contributed by atoms with E-state index in [2.05, 4.69) is 28.8 Å². The summed E-state index contributed by atoms with van der Waals surface area (Å²) in [6.45, 7) is 0.648. The van der Waals surface area contributed by atoms with Crippen molar-refractivity contribution < 1.29 is 0 Å². The van der Waals surface area contributed by atoms with E-state index in [1.165, 1.54) is 10.4 Å². The van der Waals surface area contributed by atoms with Gasteiger partial charge in [0.15, 0.2) is 0 Å². The minimum Gasteiger partial charge on any atom is -0.330 e. The van der Waals surface area contributed by atoms with Gasteiger partial charge in [-0.2, -0.15) is 5.10 Å². The molecule has 0 fully saturated rings. The molecule has 0 amide bonds. The molecule has 3 nitrogen and oxygen atoms in total. The average Bonchev–Trinajstić information content (AvgIpc) is 2.74. The lowest BCUT2D eigenvalue weighted by Crippen LogP contribution is -2.04. The third-order valence-electron chi connectivity index (χ3n) is 2.07. The van der Waals surface area contributed by atoms with Gasteiger partial charge in [0, 0.05) is 30.1 Å². The van der Waals surface area contributed by atoms with Crippen LogP contribution in [0.25, 0.3) is 10.4 Å². The number of hydrogen-bond donors (Lipinski definition) is 1. The fourth-order valence-electron chi connectivity index (χ4n) is 1.49. The zero-order valence-corrected chi connectivity index (χ0v) is 8.92. The van der Waals surface area contributed by atoms with Crippen LogP contribution in [0, 0.1) is 0 Å². The Morgan fingerprint density at radius 2 is 2.43 bits per heavy atom. The van der Waals surface area contributed by atoms with Crippen LogP contribution in [0.15, 0.2) is 23.7 Å². The normalized spacial score (nSPS) is 10.7. The lowest BCUT2D eigenvalue weighted by atomic mass is 10.2. The second-order valence-electron chi connectivity index (χ2n) is 3.18. The number of aromatic nitrogens is 2. The Balaban J connectivity index is 2.41. The molecule has 0 saturated carbocycles. The summed E-state index contributed by atoms with van der Waals surface area (Å²) in [5.74, 6) is 0. The Hall–Kier alpha value is -1.13. The summed E-state index contributed by atoms with van der Waals surface area (Å²) < 4.78 is 1.85. The Kier molecular flexibility index (Phi) is 2.65. The standard InChI is InChI=1S/C10H13N3S/c1-13-7-8(9(12-13)4-5-11)10-3-2-6-14-10/h2-3,6-7H,4-5,11H2,1H3. The maximum Gasteiger partial charge on any atom is 0.0723 e. The van der Waals surface area contributed by atoms with Crippen LogP contribution in [0.5, 0.6) is 0 Å². The molecule has 2 aromatic heterocycles. The van der Waals surface area contributed by atoms with Crippen LogP contribution in [0.2, 0.25) is 0 Å². The number of aryl methyl sites for hydroxylation is 1. The van der Waals surface area contributed by atoms with Crippen LogP contribution in [-0.4, -0.2) is 16.3 Å². The van der Waals surface area contributed by atoms with Gasteiger partial charge in [0.05, 0.1) is 5.69 Å². The molecule has 0 aliphatic carbocycles. The molecule has 14 heavy (non-hydrogen) atoms. The van der Waals surface area contributed by atoms with Crippen LogP contribution >= 0.6 is 11.3 Å². The zero-order valence-electron chi connectivity index (χ0n) is 8.10. The predicted molar refractivity (Wildman–Crippen MR) is 59.3 cm³/mol. The van der Waals surface area contributed by atoms with Crippen LogP contribution in [-0.2, 0) is 13.5 Å². The first-order chi connectivity index (χ1) is 6.81. The molecule has 0 aliphatic rings. The van der Waals surface area contributed by atoms with Crippen molar-refractivity contribution in [2.24, 2.45) is 12.8 Å². The quantitative estimate of drug-likeness (QED) is 0.831. The first kappa shape index (κ1) is 9.43. The molecule has 2 N–H and O–H groups in total. The summed E-state index contributed by atoms with van der Waals surface area (Å²) in [5, 5.41) is 6.48. The van der Waals surface area contributed by atoms with Crippen molar-refractivity contribution in [3.05, 3.63) is 29.4 Å². The maximum absolute atomic E-state index is 5.55. The van der Waals surface area contributed by atoms with Crippen LogP contribution < -0.4 is 5.73 Å². The monoisotopic (exact) mass is 207 g/mol. The smallest absolute Gasteiger partial charge is 0.0723 e. The van der Waals surface area contributed by atoms with Gasteiger partial charge in [0.2, 0.25) is 0 Å². The third-order valence-corrected chi connectivity index (χ3v) is 2.98. The number of thiophene rings is 1. The van der Waals surface area contributed by atoms with Crippen molar-refractivity contribution in [2.45, 2.75) is 6.42 Å². The molecule has 4 heteroatoms. The van der Waals surface area contributed by atoms with Gasteiger partial charge >= 0.3 is 0 Å². The highest BCUT2D eigenvalue weighted by molar-refractivity contribution is 7.13. The topological polar surface area (TPSA) is 43.8 Å². The fraction of sp³-hybridized carbons (Fsp3) is 0.300. The second kappa shape index (κ2) is 3.94. The first-order valence-electron chi connectivity index (χ1n) is 4.57. The number of nitrogens with two attached hydrogens (primary N) is 1. The van der Waals surface area contributed by atoms with E-state index in [4.69, 9.17) is 5.73 Å². The van der Waals surface area contributed by atoms with Crippen LogP contribution in [0.1, 0.15) is 5.69 Å². The highest BCUT2D eigenvalue weighted by atomic mass is 32.1. The molecule has 0 bridgehead atoms. The minimum absolute atomic E-state index is 0.648. The van der Waals surface area contributed by atoms with Crippen molar-refractivity contribution >= 4 is 11.3 Å². The SMILES string of the molecule is Cn1cc(-c2cccs2)c(CCN)n1. The van der Waals surface area contributed by atoms with E-state index in [-0.39, 0.29) is 0 Å². The molecule has 0 radical (unpaired) electrons. The van der Waals surface area contributed by atoms with Gasteiger partial charge in [-0.05, 0) is 18.0 Å². The molecule has 2 rings (SSSR count). The van der Waals surface area contributed by atoms with E-state index in [1.807, 2.05) is 11.7 Å². The molecule has 2 heterocycles. The molecule has 0 unspecified atom stereocenters. The summed E-state index contributed by atoms with van der Waals surface area (Å²) in [6.07, 6.45) is 2.89. The highest BCUT2D eigenvalue weighted by Gasteiger charge is 2.09. The summed E-state index contributed by atoms with van der Waals surface area (Å²) in [5.41, 5.74) is 7.86. The Morgan fingerprint density at radius 1 is 1.57 bits per heavy atom. The van der Waals surface area contributed by atoms with Gasteiger partial charge in [-0.1, -0.05) is 6.07 Å². The van der Waals surface area contributed by atoms with E-state index in [0.717, 1.165) is 12.1 Å². The highest BCUT2D eigenvalue weighted by Crippen LogP contribution is 2.27. The lowest BCUT2D eigenvalue weighted by molar-refractivity contribution is 0.739. The summed E-state index contributed by atoms with van der Waals surface area (Å²) in [7, 11) is 1.94. The fourth-order valence-corrected chi connectivity index (χ4v) is 2.25. The van der Waals surface area contributed by atoms with E-state index in [9.17, 15) is 0 Å². The average molecular weight is 207 g/mol. The maximum atomic E-state index is 5.55. The predicted octanol–water partition coefficient (Wildman–Crippen LogP) is 1.65. The molecule has 0 saturated heterocycles. The molecular weight excluding hydrogens is 194 g/mol. The molecule has 0 spiro atoms. The molecular formula is C10H13N3S. The van der Waals surface area contributed by atoms with Gasteiger partial charge in [-0.15, -0.1) is 11.3 Å². The Labute approximate surface area is 87.2 Å². The number of nitrogens with zero attached hydrogens (tertiary/aromatic N) is 2. The van der Waals surface area contributed by atoms with Gasteiger partial charge in [-0.25, -0.2) is 0 Å². The van der Waals surface area contributed by atoms with Crippen molar-refractivity contribution in [1.29, 1.82) is 0 Å². The van der Waals surface area contributed by atoms with Crippen molar-refractivity contribution in [3.8, 4) is 10.4 Å². The van der Waals surface area contributed by atoms with Crippen LogP contribution in [0.4, 0.5) is 0 Å². The van der Waals surface area contributed by atoms with E-state index < -0.39 is 0 Å². The summed E-state index contributed by atoms with van der Waals surface area (Å²) >= 11 is 1.74. The van der Waals surface area contributed by atoms with Gasteiger partial charge < -0.3 is 5.73 Å². The van der Waals surface area contributed by atoms with Crippen molar-refractivity contribution in [3.63, 3.8) is 0 Å². The number of hydrogen-bond acceptors (Lipinski definition) is 3. The van der Waals surface area contributed by atoms with E-state index in [0.29, 0.717) is 6.54 Å². The van der Waals surface area contributed by atoms with Crippen molar-refractivity contribution in [1.82, 2.24) is 9.78 Å². The van der Waals surface area contributed by atoms with E-state index >= 15 is 0 Å². The van der Waals surface area contributed by atoms with Gasteiger partial charge in [0.1, 0.15) is 0 Å². The summed E-state index contributed by atoms with van der Waals surface area (Å²) in [6, 6.07) is 4.17. The second-order valence-corrected chi connectivity index (χ2v) is 4.13. The molecule has 0 aliphatic heterocycles. The summed E-state index contributed by atoms with van der Waals surface area (Å²) in [4.78, 5) is 1.27. The molecule has 2 aromatic rings. The van der Waals surface area contributed by atoms with Crippen LogP contribution in [0.3, 0.4) is 0 Å². The molecule has 74 valence electrons. The minimum atomic E-state index is 0.648. The largest absolute Gasteiger partial charge is 0.330 e. The van der Waals surface area contributed by atoms with E-state index in [1.54, 1.807) is 11.3 Å². The first-order valence-corrected chi connectivity index (χ1v) is 5.45.